The van der Waals surface area contributed by atoms with Crippen molar-refractivity contribution in [3.05, 3.63) is 70.0 Å². The molecule has 1 N–H and O–H groups in total. The van der Waals surface area contributed by atoms with Crippen LogP contribution in [0.15, 0.2) is 47.3 Å². The molecule has 31 heavy (non-hydrogen) atoms. The first-order valence-corrected chi connectivity index (χ1v) is 9.37. The number of rotatable bonds is 6. The minimum Gasteiger partial charge on any atom is -0.406 e. The van der Waals surface area contributed by atoms with Gasteiger partial charge in [-0.25, -0.2) is 14.1 Å². The van der Waals surface area contributed by atoms with E-state index in [0.717, 1.165) is 22.9 Å². The van der Waals surface area contributed by atoms with Gasteiger partial charge in [0, 0.05) is 6.42 Å². The molecule has 0 spiro atoms. The highest BCUT2D eigenvalue weighted by Crippen LogP contribution is 2.23. The van der Waals surface area contributed by atoms with E-state index in [1.54, 1.807) is 0 Å². The fraction of sp³-hybridized carbons (Fsp3) is 0.286. The van der Waals surface area contributed by atoms with Crippen molar-refractivity contribution in [2.75, 3.05) is 5.43 Å². The third-order valence-corrected chi connectivity index (χ3v) is 4.22. The minimum atomic E-state index is -4.86. The summed E-state index contributed by atoms with van der Waals surface area (Å²) in [5.74, 6) is -1.36. The number of fused-ring (bicyclic) bond motifs is 1. The number of nitrogens with zero attached hydrogens (tertiary/aromatic N) is 2. The van der Waals surface area contributed by atoms with E-state index in [1.165, 1.54) is 24.3 Å². The second-order valence-corrected chi connectivity index (χ2v) is 7.34. The summed E-state index contributed by atoms with van der Waals surface area (Å²) < 4.78 is 55.6. The molecule has 1 amide bonds. The van der Waals surface area contributed by atoms with Crippen LogP contribution in [0, 0.1) is 11.7 Å². The molecule has 164 valence electrons. The van der Waals surface area contributed by atoms with Crippen molar-refractivity contribution in [3.8, 4) is 5.75 Å². The van der Waals surface area contributed by atoms with Crippen LogP contribution < -0.4 is 15.7 Å². The summed E-state index contributed by atoms with van der Waals surface area (Å²) in [6.45, 7) is 3.80. The van der Waals surface area contributed by atoms with Crippen LogP contribution >= 0.6 is 0 Å². The molecule has 0 fully saturated rings. The normalized spacial score (nSPS) is 11.7. The Labute approximate surface area is 174 Å². The Morgan fingerprint density at radius 3 is 2.61 bits per heavy atom. The molecule has 0 atom stereocenters. The maximum absolute atomic E-state index is 13.6. The molecule has 0 bridgehead atoms. The first kappa shape index (κ1) is 22.3. The average molecular weight is 437 g/mol. The van der Waals surface area contributed by atoms with Gasteiger partial charge in [0.15, 0.2) is 0 Å². The molecule has 10 heteroatoms. The summed E-state index contributed by atoms with van der Waals surface area (Å²) in [6.07, 6.45) is -4.81. The number of ether oxygens (including phenoxy) is 1. The molecule has 1 heterocycles. The summed E-state index contributed by atoms with van der Waals surface area (Å²) in [5.41, 5.74) is 2.32. The predicted octanol–water partition coefficient (Wildman–Crippen LogP) is 3.95. The van der Waals surface area contributed by atoms with Crippen molar-refractivity contribution in [2.24, 2.45) is 5.92 Å². The lowest BCUT2D eigenvalue weighted by Gasteiger charge is -2.16. The molecule has 0 aliphatic carbocycles. The van der Waals surface area contributed by atoms with Crippen LogP contribution in [0.1, 0.15) is 25.2 Å². The lowest BCUT2D eigenvalue weighted by atomic mass is 10.1. The zero-order valence-electron chi connectivity index (χ0n) is 16.7. The second kappa shape index (κ2) is 8.75. The molecule has 0 saturated heterocycles. The number of amides is 1. The zero-order valence-corrected chi connectivity index (χ0v) is 16.7. The Kier molecular flexibility index (Phi) is 6.28. The lowest BCUT2D eigenvalue weighted by Crippen LogP contribution is -2.37. The fourth-order valence-electron chi connectivity index (χ4n) is 3.02. The maximum atomic E-state index is 13.6. The third-order valence-electron chi connectivity index (χ3n) is 4.22. The number of benzene rings is 2. The Hall–Kier alpha value is -3.43. The van der Waals surface area contributed by atoms with E-state index in [1.807, 2.05) is 13.8 Å². The predicted molar refractivity (Wildman–Crippen MR) is 106 cm³/mol. The van der Waals surface area contributed by atoms with Gasteiger partial charge in [-0.1, -0.05) is 26.0 Å². The van der Waals surface area contributed by atoms with E-state index < -0.39 is 29.4 Å². The first-order valence-electron chi connectivity index (χ1n) is 9.37. The molecule has 0 saturated carbocycles. The van der Waals surface area contributed by atoms with Gasteiger partial charge in [0.05, 0.1) is 17.3 Å². The smallest absolute Gasteiger partial charge is 0.406 e. The van der Waals surface area contributed by atoms with E-state index in [4.69, 9.17) is 0 Å². The molecule has 0 aliphatic heterocycles. The van der Waals surface area contributed by atoms with Gasteiger partial charge in [-0.15, -0.1) is 13.2 Å². The van der Waals surface area contributed by atoms with Gasteiger partial charge in [-0.3, -0.25) is 15.0 Å². The SMILES string of the molecule is CC(C)Cc1nc2ccc(F)cc2c(=O)n1NC(=O)Cc1cccc(OC(F)(F)F)c1. The highest BCUT2D eigenvalue weighted by atomic mass is 19.4. The van der Waals surface area contributed by atoms with Gasteiger partial charge in [-0.05, 0) is 41.8 Å². The quantitative estimate of drug-likeness (QED) is 0.593. The Morgan fingerprint density at radius 2 is 1.94 bits per heavy atom. The number of nitrogens with one attached hydrogen (secondary N) is 1. The van der Waals surface area contributed by atoms with Gasteiger partial charge < -0.3 is 4.74 Å². The number of carbonyl (C=O) groups excluding carboxylic acids is 1. The molecule has 2 aromatic carbocycles. The summed E-state index contributed by atoms with van der Waals surface area (Å²) in [5, 5.41) is -0.00613. The largest absolute Gasteiger partial charge is 0.573 e. The van der Waals surface area contributed by atoms with E-state index in [-0.39, 0.29) is 29.1 Å². The van der Waals surface area contributed by atoms with Crippen LogP contribution in [0.2, 0.25) is 0 Å². The summed E-state index contributed by atoms with van der Waals surface area (Å²) in [6, 6.07) is 8.57. The van der Waals surface area contributed by atoms with Crippen LogP contribution in [0.25, 0.3) is 10.9 Å². The van der Waals surface area contributed by atoms with Gasteiger partial charge in [0.2, 0.25) is 5.91 Å². The Balaban J connectivity index is 1.90. The van der Waals surface area contributed by atoms with Crippen LogP contribution in [-0.4, -0.2) is 21.9 Å². The topological polar surface area (TPSA) is 73.2 Å². The van der Waals surface area contributed by atoms with Gasteiger partial charge >= 0.3 is 6.36 Å². The number of halogens is 4. The number of hydrogen-bond donors (Lipinski definition) is 1. The Bertz CT molecular complexity index is 1170. The van der Waals surface area contributed by atoms with Crippen LogP contribution in [0.4, 0.5) is 17.6 Å². The van der Waals surface area contributed by atoms with Crippen molar-refractivity contribution < 1.29 is 27.1 Å². The van der Waals surface area contributed by atoms with Gasteiger partial charge in [0.1, 0.15) is 17.4 Å². The third kappa shape index (κ3) is 5.80. The number of carbonyl (C=O) groups is 1. The molecule has 0 radical (unpaired) electrons. The second-order valence-electron chi connectivity index (χ2n) is 7.34. The maximum Gasteiger partial charge on any atom is 0.573 e. The van der Waals surface area contributed by atoms with Crippen molar-refractivity contribution in [1.82, 2.24) is 9.66 Å². The highest BCUT2D eigenvalue weighted by Gasteiger charge is 2.31. The molecule has 3 rings (SSSR count). The highest BCUT2D eigenvalue weighted by molar-refractivity contribution is 5.86. The average Bonchev–Trinajstić information content (AvgIpc) is 2.64. The zero-order chi connectivity index (χ0) is 22.8. The standard InChI is InChI=1S/C21H19F4N3O3/c1-12(2)8-18-26-17-7-6-14(22)11-16(17)20(30)28(18)27-19(29)10-13-4-3-5-15(9-13)31-21(23,24)25/h3-7,9,11-12H,8,10H2,1-2H3,(H,27,29). The minimum absolute atomic E-state index is 0.00613. The van der Waals surface area contributed by atoms with E-state index in [2.05, 4.69) is 15.1 Å². The Morgan fingerprint density at radius 1 is 1.19 bits per heavy atom. The molecule has 0 aliphatic rings. The van der Waals surface area contributed by atoms with Crippen molar-refractivity contribution in [3.63, 3.8) is 0 Å². The molecule has 6 nitrogen and oxygen atoms in total. The van der Waals surface area contributed by atoms with Crippen molar-refractivity contribution >= 4 is 16.8 Å². The molecule has 1 aromatic heterocycles. The molecule has 0 unspecified atom stereocenters. The van der Waals surface area contributed by atoms with E-state index >= 15 is 0 Å². The number of alkyl halides is 3. The monoisotopic (exact) mass is 437 g/mol. The lowest BCUT2D eigenvalue weighted by molar-refractivity contribution is -0.274. The number of hydrogen-bond acceptors (Lipinski definition) is 4. The molecular formula is C21H19F4N3O3. The molecular weight excluding hydrogens is 418 g/mol. The van der Waals surface area contributed by atoms with Crippen molar-refractivity contribution in [2.45, 2.75) is 33.1 Å². The van der Waals surface area contributed by atoms with Gasteiger partial charge in [-0.2, -0.15) is 0 Å². The first-order chi connectivity index (χ1) is 14.5. The summed E-state index contributed by atoms with van der Waals surface area (Å²) in [4.78, 5) is 29.8. The molecule has 3 aromatic rings. The van der Waals surface area contributed by atoms with Gasteiger partial charge in [0.25, 0.3) is 5.56 Å². The summed E-state index contributed by atoms with van der Waals surface area (Å²) >= 11 is 0. The van der Waals surface area contributed by atoms with Crippen LogP contribution in [-0.2, 0) is 17.6 Å². The number of aromatic nitrogens is 2. The van der Waals surface area contributed by atoms with Crippen LogP contribution in [0.5, 0.6) is 5.75 Å². The van der Waals surface area contributed by atoms with E-state index in [9.17, 15) is 27.2 Å². The fourth-order valence-corrected chi connectivity index (χ4v) is 3.02. The van der Waals surface area contributed by atoms with Crippen LogP contribution in [0.3, 0.4) is 0 Å². The van der Waals surface area contributed by atoms with E-state index in [0.29, 0.717) is 11.9 Å². The van der Waals surface area contributed by atoms with Crippen molar-refractivity contribution in [1.29, 1.82) is 0 Å². The summed E-state index contributed by atoms with van der Waals surface area (Å²) in [7, 11) is 0.